The molecule has 3 heterocycles. The van der Waals surface area contributed by atoms with E-state index in [9.17, 15) is 17.6 Å². The number of hydrogen-bond acceptors (Lipinski definition) is 9. The summed E-state index contributed by atoms with van der Waals surface area (Å²) in [6.45, 7) is 6.55. The second kappa shape index (κ2) is 14.1. The molecular formula is C33H33ClFN7O4S. The first kappa shape index (κ1) is 32.4. The fourth-order valence-corrected chi connectivity index (χ4v) is 7.01. The van der Waals surface area contributed by atoms with E-state index in [0.29, 0.717) is 16.0 Å². The molecule has 5 aromatic rings. The fraction of sp³-hybridized carbons (Fsp3) is 0.242. The molecule has 0 bridgehead atoms. The van der Waals surface area contributed by atoms with Crippen LogP contribution in [0.4, 0.5) is 21.6 Å². The number of aryl methyl sites for hydroxylation is 1. The van der Waals surface area contributed by atoms with Gasteiger partial charge in [-0.2, -0.15) is 8.42 Å². The van der Waals surface area contributed by atoms with Gasteiger partial charge in [0.15, 0.2) is 0 Å². The number of rotatable bonds is 12. The Hall–Kier alpha value is -4.56. The Balaban J connectivity index is 1.13. The van der Waals surface area contributed by atoms with Gasteiger partial charge in [-0.15, -0.1) is 0 Å². The Labute approximate surface area is 277 Å². The van der Waals surface area contributed by atoms with Crippen molar-refractivity contribution in [2.45, 2.75) is 17.9 Å². The highest BCUT2D eigenvalue weighted by molar-refractivity contribution is 7.92. The lowest BCUT2D eigenvalue weighted by atomic mass is 10.1. The van der Waals surface area contributed by atoms with E-state index in [4.69, 9.17) is 16.4 Å². The summed E-state index contributed by atoms with van der Waals surface area (Å²) in [6, 6.07) is 19.2. The molecule has 0 aliphatic carbocycles. The van der Waals surface area contributed by atoms with Gasteiger partial charge in [-0.3, -0.25) is 4.79 Å². The minimum atomic E-state index is -4.41. The predicted molar refractivity (Wildman–Crippen MR) is 179 cm³/mol. The van der Waals surface area contributed by atoms with Crippen LogP contribution in [0.1, 0.15) is 6.42 Å². The number of nitrogens with zero attached hydrogens (tertiary/aromatic N) is 6. The number of nitrogens with one attached hydrogen (secondary N) is 1. The van der Waals surface area contributed by atoms with E-state index < -0.39 is 15.8 Å². The quantitative estimate of drug-likeness (QED) is 0.134. The topological polar surface area (TPSA) is 113 Å². The number of carbonyl (C=O) groups excluding carboxylic acids is 1. The van der Waals surface area contributed by atoms with Crippen molar-refractivity contribution in [2.75, 3.05) is 49.6 Å². The van der Waals surface area contributed by atoms with Gasteiger partial charge in [-0.1, -0.05) is 22.1 Å². The molecule has 0 unspecified atom stereocenters. The summed E-state index contributed by atoms with van der Waals surface area (Å²) in [5.41, 5.74) is 3.48. The monoisotopic (exact) mass is 677 g/mol. The highest BCUT2D eigenvalue weighted by Crippen LogP contribution is 2.29. The van der Waals surface area contributed by atoms with Crippen LogP contribution in [0.2, 0.25) is 5.02 Å². The maximum absolute atomic E-state index is 13.6. The summed E-state index contributed by atoms with van der Waals surface area (Å²) in [6.07, 6.45) is 4.70. The third kappa shape index (κ3) is 7.38. The van der Waals surface area contributed by atoms with Gasteiger partial charge < -0.3 is 24.5 Å². The Morgan fingerprint density at radius 3 is 2.51 bits per heavy atom. The maximum Gasteiger partial charge on any atom is 0.322 e. The number of anilines is 3. The van der Waals surface area contributed by atoms with E-state index in [2.05, 4.69) is 67.2 Å². The summed E-state index contributed by atoms with van der Waals surface area (Å²) in [7, 11) is -2.23. The Kier molecular flexibility index (Phi) is 9.68. The van der Waals surface area contributed by atoms with Crippen molar-refractivity contribution < 1.29 is 22.4 Å². The number of piperazine rings is 1. The average Bonchev–Trinajstić information content (AvgIpc) is 3.48. The smallest absolute Gasteiger partial charge is 0.322 e. The molecule has 6 rings (SSSR count). The van der Waals surface area contributed by atoms with Gasteiger partial charge in [0.25, 0.3) is 10.0 Å². The van der Waals surface area contributed by atoms with Crippen LogP contribution in [0.25, 0.3) is 22.2 Å². The number of halogens is 2. The van der Waals surface area contributed by atoms with Crippen LogP contribution >= 0.6 is 11.6 Å². The van der Waals surface area contributed by atoms with Crippen molar-refractivity contribution in [3.63, 3.8) is 0 Å². The zero-order chi connectivity index (χ0) is 33.0. The minimum absolute atomic E-state index is 0.0148. The fourth-order valence-electron chi connectivity index (χ4n) is 5.52. The second-order valence-electron chi connectivity index (χ2n) is 11.3. The van der Waals surface area contributed by atoms with Crippen LogP contribution in [-0.4, -0.2) is 79.0 Å². The van der Waals surface area contributed by atoms with Crippen LogP contribution in [0.15, 0.2) is 90.2 Å². The van der Waals surface area contributed by atoms with Crippen LogP contribution in [0.5, 0.6) is 0 Å². The van der Waals surface area contributed by atoms with Gasteiger partial charge >= 0.3 is 6.47 Å². The normalized spacial score (nSPS) is 14.3. The lowest BCUT2D eigenvalue weighted by Crippen LogP contribution is -2.44. The van der Waals surface area contributed by atoms with Crippen molar-refractivity contribution in [3.8, 4) is 11.3 Å². The first-order chi connectivity index (χ1) is 22.7. The van der Waals surface area contributed by atoms with Gasteiger partial charge in [-0.25, -0.2) is 14.4 Å². The molecule has 11 nitrogen and oxygen atoms in total. The third-order valence-corrected chi connectivity index (χ3v) is 9.97. The Morgan fingerprint density at radius 2 is 1.77 bits per heavy atom. The number of fused-ring (bicyclic) bond motifs is 1. The van der Waals surface area contributed by atoms with Gasteiger partial charge in [0.05, 0.1) is 21.3 Å². The van der Waals surface area contributed by atoms with Crippen molar-refractivity contribution in [2.24, 2.45) is 0 Å². The molecule has 244 valence electrons. The highest BCUT2D eigenvalue weighted by Gasteiger charge is 2.28. The summed E-state index contributed by atoms with van der Waals surface area (Å²) < 4.78 is 42.7. The molecular weight excluding hydrogens is 645 g/mol. The molecule has 0 radical (unpaired) electrons. The zero-order valence-corrected chi connectivity index (χ0v) is 27.2. The molecule has 1 aliphatic rings. The minimum Gasteiger partial charge on any atom is -0.347 e. The molecule has 47 heavy (non-hydrogen) atoms. The van der Waals surface area contributed by atoms with E-state index in [1.807, 2.05) is 6.07 Å². The van der Waals surface area contributed by atoms with Gasteiger partial charge in [0.1, 0.15) is 18.0 Å². The maximum atomic E-state index is 13.6. The molecule has 0 amide bonds. The van der Waals surface area contributed by atoms with Gasteiger partial charge in [0, 0.05) is 67.1 Å². The number of carbonyl (C=O) groups is 1. The Bertz CT molecular complexity index is 1980. The first-order valence-electron chi connectivity index (χ1n) is 15.0. The molecule has 1 aliphatic heterocycles. The predicted octanol–water partition coefficient (Wildman–Crippen LogP) is 5.56. The standard InChI is InChI=1S/C33H33ClFN7O4S/c1-39-15-17-40(18-16-39)12-2-13-41-14-11-25-19-24(3-10-32(25)41)31-21-33(37-22-36-31)38-26-4-6-27(7-5-26)42(46-23-43)47(44,45)28-8-9-30(35)29(34)20-28/h3-11,14,19-23H,2,12-13,15-18H2,1H3,(H,36,37,38). The second-order valence-corrected chi connectivity index (χ2v) is 13.4. The number of aromatic nitrogens is 3. The number of hydrogen-bond donors (Lipinski definition) is 1. The summed E-state index contributed by atoms with van der Waals surface area (Å²) in [5.74, 6) is -0.252. The molecule has 0 saturated carbocycles. The molecule has 1 saturated heterocycles. The Morgan fingerprint density at radius 1 is 0.979 bits per heavy atom. The zero-order valence-electron chi connectivity index (χ0n) is 25.6. The lowest BCUT2D eigenvalue weighted by Gasteiger charge is -2.32. The van der Waals surface area contributed by atoms with Crippen LogP contribution in [-0.2, 0) is 26.2 Å². The highest BCUT2D eigenvalue weighted by atomic mass is 35.5. The molecule has 2 aromatic heterocycles. The molecule has 1 N–H and O–H groups in total. The average molecular weight is 678 g/mol. The number of sulfonamides is 1. The number of likely N-dealkylation sites (N-methyl/N-ethyl adjacent to an activating group) is 1. The van der Waals surface area contributed by atoms with Crippen molar-refractivity contribution in [1.82, 2.24) is 24.3 Å². The summed E-state index contributed by atoms with van der Waals surface area (Å²) in [5, 5.41) is 3.94. The largest absolute Gasteiger partial charge is 0.347 e. The first-order valence-corrected chi connectivity index (χ1v) is 16.8. The molecule has 0 atom stereocenters. The van der Waals surface area contributed by atoms with Gasteiger partial charge in [0.2, 0.25) is 0 Å². The van der Waals surface area contributed by atoms with Crippen molar-refractivity contribution >= 4 is 56.2 Å². The van der Waals surface area contributed by atoms with E-state index >= 15 is 0 Å². The van der Waals surface area contributed by atoms with E-state index in [1.165, 1.54) is 24.0 Å². The van der Waals surface area contributed by atoms with E-state index in [1.54, 1.807) is 12.1 Å². The van der Waals surface area contributed by atoms with Crippen LogP contribution < -0.4 is 9.79 Å². The molecule has 1 fully saturated rings. The number of benzene rings is 3. The molecule has 14 heteroatoms. The molecule has 0 spiro atoms. The van der Waals surface area contributed by atoms with Crippen molar-refractivity contribution in [1.29, 1.82) is 0 Å². The third-order valence-electron chi connectivity index (χ3n) is 8.10. The van der Waals surface area contributed by atoms with E-state index in [0.717, 1.165) is 80.5 Å². The molecule has 3 aromatic carbocycles. The van der Waals surface area contributed by atoms with Crippen LogP contribution in [0, 0.1) is 5.82 Å². The summed E-state index contributed by atoms with van der Waals surface area (Å²) >= 11 is 5.77. The van der Waals surface area contributed by atoms with E-state index in [-0.39, 0.29) is 22.1 Å². The SMILES string of the molecule is CN1CCN(CCCn2ccc3cc(-c4cc(Nc5ccc(N(OC=O)S(=O)(=O)c6ccc(F)c(Cl)c6)cc5)ncn4)ccc32)CC1. The van der Waals surface area contributed by atoms with Gasteiger partial charge in [-0.05, 0) is 80.7 Å². The lowest BCUT2D eigenvalue weighted by molar-refractivity contribution is -0.128. The summed E-state index contributed by atoms with van der Waals surface area (Å²) in [4.78, 5) is 29.3. The van der Waals surface area contributed by atoms with Crippen LogP contribution in [0.3, 0.4) is 0 Å². The van der Waals surface area contributed by atoms with Crippen molar-refractivity contribution in [3.05, 3.63) is 96.2 Å².